The van der Waals surface area contributed by atoms with Crippen molar-refractivity contribution in [3.8, 4) is 0 Å². The number of hydrogen-bond donors (Lipinski definition) is 1. The predicted molar refractivity (Wildman–Crippen MR) is 60.5 cm³/mol. The van der Waals surface area contributed by atoms with Gasteiger partial charge in [0.25, 0.3) is 0 Å². The summed E-state index contributed by atoms with van der Waals surface area (Å²) in [6, 6.07) is 4.88. The predicted octanol–water partition coefficient (Wildman–Crippen LogP) is 2.10. The van der Waals surface area contributed by atoms with Crippen LogP contribution in [-0.2, 0) is 11.3 Å². The lowest BCUT2D eigenvalue weighted by atomic mass is 10.00. The summed E-state index contributed by atoms with van der Waals surface area (Å²) in [4.78, 5) is 12.6. The Bertz CT molecular complexity index is 418. The standard InChI is InChI=1S/C11H11BrFNO2/c12-10-7(2-1-3-9(10)13)4-14-5-8(6-14)11(15)16/h1-3,8H,4-6H2,(H,15,16). The fourth-order valence-electron chi connectivity index (χ4n) is 1.77. The monoisotopic (exact) mass is 287 g/mol. The zero-order valence-corrected chi connectivity index (χ0v) is 10.1. The summed E-state index contributed by atoms with van der Waals surface area (Å²) in [6.45, 7) is 1.67. The summed E-state index contributed by atoms with van der Waals surface area (Å²) >= 11 is 3.19. The first-order chi connectivity index (χ1) is 7.58. The molecule has 0 bridgehead atoms. The maximum atomic E-state index is 13.2. The van der Waals surface area contributed by atoms with Crippen LogP contribution in [0.5, 0.6) is 0 Å². The topological polar surface area (TPSA) is 40.5 Å². The van der Waals surface area contributed by atoms with Gasteiger partial charge in [-0.2, -0.15) is 0 Å². The molecule has 5 heteroatoms. The number of hydrogen-bond acceptors (Lipinski definition) is 2. The molecule has 1 aromatic carbocycles. The van der Waals surface area contributed by atoms with E-state index in [1.54, 1.807) is 6.07 Å². The zero-order chi connectivity index (χ0) is 11.7. The van der Waals surface area contributed by atoms with Crippen LogP contribution in [0.2, 0.25) is 0 Å². The Labute approximate surface area is 101 Å². The smallest absolute Gasteiger partial charge is 0.309 e. The third kappa shape index (κ3) is 2.25. The van der Waals surface area contributed by atoms with Gasteiger partial charge in [0.15, 0.2) is 0 Å². The largest absolute Gasteiger partial charge is 0.481 e. The lowest BCUT2D eigenvalue weighted by Gasteiger charge is -2.36. The summed E-state index contributed by atoms with van der Waals surface area (Å²) in [6.07, 6.45) is 0. The molecule has 0 atom stereocenters. The highest BCUT2D eigenvalue weighted by Crippen LogP contribution is 2.25. The summed E-state index contributed by atoms with van der Waals surface area (Å²) in [5.74, 6) is -1.31. The minimum absolute atomic E-state index is 0.271. The number of nitrogens with zero attached hydrogens (tertiary/aromatic N) is 1. The molecule has 1 saturated heterocycles. The van der Waals surface area contributed by atoms with Crippen LogP contribution in [0, 0.1) is 11.7 Å². The number of rotatable bonds is 3. The Morgan fingerprint density at radius 2 is 2.25 bits per heavy atom. The van der Waals surface area contributed by atoms with E-state index in [2.05, 4.69) is 15.9 Å². The molecule has 0 unspecified atom stereocenters. The minimum Gasteiger partial charge on any atom is -0.481 e. The second-order valence-electron chi connectivity index (χ2n) is 3.94. The zero-order valence-electron chi connectivity index (χ0n) is 8.49. The molecule has 1 heterocycles. The molecular weight excluding hydrogens is 277 g/mol. The Balaban J connectivity index is 1.97. The number of halogens is 2. The highest BCUT2D eigenvalue weighted by atomic mass is 79.9. The van der Waals surface area contributed by atoms with Crippen molar-refractivity contribution in [3.63, 3.8) is 0 Å². The van der Waals surface area contributed by atoms with Crippen LogP contribution >= 0.6 is 15.9 Å². The van der Waals surface area contributed by atoms with Crippen LogP contribution in [0.3, 0.4) is 0 Å². The minimum atomic E-state index is -0.755. The van der Waals surface area contributed by atoms with Crippen molar-refractivity contribution in [2.45, 2.75) is 6.54 Å². The van der Waals surface area contributed by atoms with Crippen molar-refractivity contribution in [1.82, 2.24) is 4.90 Å². The summed E-state index contributed by atoms with van der Waals surface area (Å²) < 4.78 is 13.7. The van der Waals surface area contributed by atoms with Gasteiger partial charge in [-0.05, 0) is 27.6 Å². The highest BCUT2D eigenvalue weighted by Gasteiger charge is 2.32. The molecule has 16 heavy (non-hydrogen) atoms. The second kappa shape index (κ2) is 4.51. The Morgan fingerprint density at radius 3 is 2.88 bits per heavy atom. The number of likely N-dealkylation sites (tertiary alicyclic amines) is 1. The van der Waals surface area contributed by atoms with Crippen molar-refractivity contribution in [2.75, 3.05) is 13.1 Å². The van der Waals surface area contributed by atoms with Crippen LogP contribution in [0.4, 0.5) is 4.39 Å². The van der Waals surface area contributed by atoms with E-state index in [4.69, 9.17) is 5.11 Å². The fourth-order valence-corrected chi connectivity index (χ4v) is 2.16. The van der Waals surface area contributed by atoms with Crippen molar-refractivity contribution < 1.29 is 14.3 Å². The van der Waals surface area contributed by atoms with Crippen LogP contribution in [0.1, 0.15) is 5.56 Å². The maximum absolute atomic E-state index is 13.2. The number of aliphatic carboxylic acids is 1. The molecule has 0 spiro atoms. The molecule has 1 aliphatic rings. The third-order valence-electron chi connectivity index (χ3n) is 2.73. The number of benzene rings is 1. The van der Waals surface area contributed by atoms with E-state index in [-0.39, 0.29) is 11.7 Å². The number of carboxylic acid groups (broad SMARTS) is 1. The van der Waals surface area contributed by atoms with Crippen LogP contribution in [0.15, 0.2) is 22.7 Å². The fraction of sp³-hybridized carbons (Fsp3) is 0.364. The molecule has 0 aliphatic carbocycles. The van der Waals surface area contributed by atoms with E-state index in [0.29, 0.717) is 24.1 Å². The number of carbonyl (C=O) groups is 1. The first-order valence-electron chi connectivity index (χ1n) is 4.96. The van der Waals surface area contributed by atoms with Crippen LogP contribution in [0.25, 0.3) is 0 Å². The van der Waals surface area contributed by atoms with Gasteiger partial charge in [0.05, 0.1) is 10.4 Å². The molecule has 0 aromatic heterocycles. The summed E-state index contributed by atoms with van der Waals surface area (Å²) in [7, 11) is 0. The van der Waals surface area contributed by atoms with Gasteiger partial charge in [-0.15, -0.1) is 0 Å². The lowest BCUT2D eigenvalue weighted by molar-refractivity contribution is -0.147. The van der Waals surface area contributed by atoms with Gasteiger partial charge in [-0.1, -0.05) is 12.1 Å². The number of carboxylic acids is 1. The molecule has 1 N–H and O–H groups in total. The molecule has 86 valence electrons. The maximum Gasteiger partial charge on any atom is 0.309 e. The molecule has 2 rings (SSSR count). The van der Waals surface area contributed by atoms with E-state index in [1.807, 2.05) is 11.0 Å². The molecular formula is C11H11BrFNO2. The molecule has 0 saturated carbocycles. The normalized spacial score (nSPS) is 17.1. The van der Waals surface area contributed by atoms with Gasteiger partial charge in [-0.25, -0.2) is 4.39 Å². The molecule has 0 amide bonds. The summed E-state index contributed by atoms with van der Waals surface area (Å²) in [5, 5.41) is 8.72. The van der Waals surface area contributed by atoms with Gasteiger partial charge in [0, 0.05) is 19.6 Å². The van der Waals surface area contributed by atoms with E-state index >= 15 is 0 Å². The van der Waals surface area contributed by atoms with E-state index < -0.39 is 5.97 Å². The average Bonchev–Trinajstić information content (AvgIpc) is 2.16. The molecule has 1 aliphatic heterocycles. The Hall–Kier alpha value is -0.940. The first kappa shape index (κ1) is 11.5. The Kier molecular flexibility index (Phi) is 3.25. The average molecular weight is 288 g/mol. The van der Waals surface area contributed by atoms with Gasteiger partial charge in [0.1, 0.15) is 5.82 Å². The second-order valence-corrected chi connectivity index (χ2v) is 4.74. The first-order valence-corrected chi connectivity index (χ1v) is 5.75. The third-order valence-corrected chi connectivity index (χ3v) is 3.62. The lowest BCUT2D eigenvalue weighted by Crippen LogP contribution is -2.49. The van der Waals surface area contributed by atoms with Crippen LogP contribution in [-0.4, -0.2) is 29.1 Å². The Morgan fingerprint density at radius 1 is 1.56 bits per heavy atom. The van der Waals surface area contributed by atoms with E-state index in [9.17, 15) is 9.18 Å². The van der Waals surface area contributed by atoms with Crippen LogP contribution < -0.4 is 0 Å². The van der Waals surface area contributed by atoms with Gasteiger partial charge < -0.3 is 5.11 Å². The quantitative estimate of drug-likeness (QED) is 0.926. The molecule has 3 nitrogen and oxygen atoms in total. The van der Waals surface area contributed by atoms with Crippen molar-refractivity contribution >= 4 is 21.9 Å². The highest BCUT2D eigenvalue weighted by molar-refractivity contribution is 9.10. The molecule has 1 aromatic rings. The molecule has 1 fully saturated rings. The van der Waals surface area contributed by atoms with E-state index in [0.717, 1.165) is 5.56 Å². The van der Waals surface area contributed by atoms with Crippen molar-refractivity contribution in [1.29, 1.82) is 0 Å². The van der Waals surface area contributed by atoms with Gasteiger partial charge in [0.2, 0.25) is 0 Å². The molecule has 0 radical (unpaired) electrons. The van der Waals surface area contributed by atoms with Crippen molar-refractivity contribution in [3.05, 3.63) is 34.1 Å². The SMILES string of the molecule is O=C(O)C1CN(Cc2cccc(F)c2Br)C1. The van der Waals surface area contributed by atoms with Crippen molar-refractivity contribution in [2.24, 2.45) is 5.92 Å². The van der Waals surface area contributed by atoms with E-state index in [1.165, 1.54) is 6.07 Å². The van der Waals surface area contributed by atoms with Gasteiger partial charge >= 0.3 is 5.97 Å². The van der Waals surface area contributed by atoms with Gasteiger partial charge in [-0.3, -0.25) is 9.69 Å². The summed E-state index contributed by atoms with van der Waals surface area (Å²) in [5.41, 5.74) is 0.851.